The van der Waals surface area contributed by atoms with Gasteiger partial charge in [-0.05, 0) is 40.5 Å². The van der Waals surface area contributed by atoms with Crippen molar-refractivity contribution >= 4 is 75.0 Å². The first-order valence-electron chi connectivity index (χ1n) is 14.1. The Morgan fingerprint density at radius 3 is 2.23 bits per heavy atom. The van der Waals surface area contributed by atoms with E-state index in [4.69, 9.17) is 51.8 Å². The number of allylic oxidation sites excluding steroid dienone is 1. The summed E-state index contributed by atoms with van der Waals surface area (Å²) in [7, 11) is 33.1. The van der Waals surface area contributed by atoms with E-state index in [0.717, 1.165) is 6.08 Å². The topological polar surface area (TPSA) is 83.1 Å². The van der Waals surface area contributed by atoms with E-state index in [1.54, 1.807) is 42.5 Å². The van der Waals surface area contributed by atoms with Crippen LogP contribution >= 0.6 is 0 Å². The first-order chi connectivity index (χ1) is 22.0. The number of rotatable bonds is 13. The number of nitrogens with one attached hydrogen (secondary N) is 2. The van der Waals surface area contributed by atoms with Crippen molar-refractivity contribution in [3.05, 3.63) is 102 Å². The van der Waals surface area contributed by atoms with Gasteiger partial charge in [0.15, 0.2) is 0 Å². The zero-order chi connectivity index (χ0) is 34.4. The molecule has 1 amide bonds. The Bertz CT molecular complexity index is 1720. The van der Waals surface area contributed by atoms with Crippen molar-refractivity contribution in [2.24, 2.45) is 0 Å². The lowest BCUT2D eigenvalue weighted by Crippen LogP contribution is -2.65. The summed E-state index contributed by atoms with van der Waals surface area (Å²) < 4.78 is 61.9. The van der Waals surface area contributed by atoms with Gasteiger partial charge in [0, 0.05) is 37.0 Å². The second-order valence-electron chi connectivity index (χ2n) is 10.6. The minimum Gasteiger partial charge on any atom is -0.476 e. The number of ether oxygens (including phenoxy) is 1. The molecule has 0 saturated heterocycles. The molecule has 0 unspecified atom stereocenters. The Labute approximate surface area is 277 Å². The summed E-state index contributed by atoms with van der Waals surface area (Å²) in [5.74, 6) is -1.31. The molecular weight excluding hydrogens is 603 g/mol. The summed E-state index contributed by atoms with van der Waals surface area (Å²) in [6, 6.07) is 15.8. The lowest BCUT2D eigenvalue weighted by molar-refractivity contribution is -0.127. The molecule has 0 bridgehead atoms. The number of benzene rings is 2. The maximum Gasteiger partial charge on any atom is 0.393 e. The number of fused-ring (bicyclic) bond motifs is 1. The van der Waals surface area contributed by atoms with Gasteiger partial charge in [-0.1, -0.05) is 52.9 Å². The average molecular weight is 626 g/mol. The van der Waals surface area contributed by atoms with E-state index < -0.39 is 34.9 Å². The maximum absolute atomic E-state index is 14.4. The number of halogens is 4. The lowest BCUT2D eigenvalue weighted by atomic mass is 9.40. The molecule has 12 radical (unpaired) electrons. The first-order valence-corrected chi connectivity index (χ1v) is 14.1. The van der Waals surface area contributed by atoms with Crippen LogP contribution in [0.1, 0.15) is 23.1 Å². The number of hydrogen-bond donors (Lipinski definition) is 2. The predicted molar refractivity (Wildman–Crippen MR) is 178 cm³/mol. The van der Waals surface area contributed by atoms with Crippen LogP contribution in [0.2, 0.25) is 0 Å². The molecule has 47 heavy (non-hydrogen) atoms. The van der Waals surface area contributed by atoms with Crippen molar-refractivity contribution < 1.29 is 27.1 Å². The highest BCUT2D eigenvalue weighted by Crippen LogP contribution is 2.40. The van der Waals surface area contributed by atoms with Crippen LogP contribution in [0.25, 0.3) is 22.0 Å². The fraction of sp³-hybridized carbons (Fsp3) is 0.233. The van der Waals surface area contributed by atoms with Crippen LogP contribution in [0.5, 0.6) is 5.88 Å². The molecular formula is C30H23B6F4N5O2. The highest BCUT2D eigenvalue weighted by atomic mass is 19.4. The molecule has 0 atom stereocenters. The molecule has 0 spiro atoms. The summed E-state index contributed by atoms with van der Waals surface area (Å²) >= 11 is 0. The highest BCUT2D eigenvalue weighted by Gasteiger charge is 2.33. The molecule has 0 fully saturated rings. The third-order valence-electron chi connectivity index (χ3n) is 6.67. The van der Waals surface area contributed by atoms with E-state index in [-0.39, 0.29) is 35.6 Å². The van der Waals surface area contributed by atoms with Gasteiger partial charge in [-0.25, -0.2) is 4.98 Å². The van der Waals surface area contributed by atoms with Gasteiger partial charge in [0.1, 0.15) is 6.61 Å². The normalized spacial score (nSPS) is 13.1. The van der Waals surface area contributed by atoms with Gasteiger partial charge >= 0.3 is 6.18 Å². The van der Waals surface area contributed by atoms with E-state index in [2.05, 4.69) is 20.5 Å². The van der Waals surface area contributed by atoms with Crippen LogP contribution in [0.3, 0.4) is 0 Å². The van der Waals surface area contributed by atoms with Gasteiger partial charge in [-0.2, -0.15) is 22.7 Å². The summed E-state index contributed by atoms with van der Waals surface area (Å²) in [5, 5.41) is 4.85. The van der Waals surface area contributed by atoms with Gasteiger partial charge in [-0.3, -0.25) is 9.89 Å². The van der Waals surface area contributed by atoms with Gasteiger partial charge < -0.3 is 15.0 Å². The molecule has 0 aliphatic heterocycles. The van der Waals surface area contributed by atoms with Crippen LogP contribution in [-0.4, -0.2) is 109 Å². The molecule has 226 valence electrons. The number of amides is 1. The molecule has 7 nitrogen and oxygen atoms in total. The Morgan fingerprint density at radius 2 is 1.62 bits per heavy atom. The van der Waals surface area contributed by atoms with Crippen molar-refractivity contribution in [2.45, 2.75) is 23.1 Å². The summed E-state index contributed by atoms with van der Waals surface area (Å²) in [5.41, 5.74) is 1.60. The first kappa shape index (κ1) is 35.7. The van der Waals surface area contributed by atoms with Crippen molar-refractivity contribution in [3.8, 4) is 5.88 Å². The molecule has 2 aromatic heterocycles. The van der Waals surface area contributed by atoms with E-state index in [1.807, 2.05) is 0 Å². The molecule has 4 aromatic rings. The van der Waals surface area contributed by atoms with Crippen LogP contribution < -0.4 is 10.1 Å². The number of nitrogens with zero attached hydrogens (tertiary/aromatic N) is 3. The van der Waals surface area contributed by atoms with Crippen molar-refractivity contribution in [1.82, 2.24) is 25.4 Å². The number of H-pyrrole nitrogens is 1. The molecule has 4 rings (SSSR count). The third kappa shape index (κ3) is 9.70. The zero-order valence-electron chi connectivity index (χ0n) is 25.0. The molecule has 0 aliphatic carbocycles. The molecule has 2 N–H and O–H groups in total. The van der Waals surface area contributed by atoms with E-state index in [9.17, 15) is 22.4 Å². The van der Waals surface area contributed by atoms with Crippen LogP contribution in [0.4, 0.5) is 17.6 Å². The fourth-order valence-electron chi connectivity index (χ4n) is 4.80. The number of aromatic amines is 1. The lowest BCUT2D eigenvalue weighted by Gasteiger charge is -2.48. The summed E-state index contributed by atoms with van der Waals surface area (Å²) in [6.07, 6.45) is -1.86. The van der Waals surface area contributed by atoms with E-state index in [0.29, 0.717) is 33.7 Å². The number of aromatic nitrogens is 3. The van der Waals surface area contributed by atoms with Crippen molar-refractivity contribution in [1.29, 1.82) is 0 Å². The second-order valence-corrected chi connectivity index (χ2v) is 10.6. The number of carbonyl (C=O) groups excluding carboxylic acids is 1. The smallest absolute Gasteiger partial charge is 0.393 e. The van der Waals surface area contributed by atoms with E-state index >= 15 is 0 Å². The zero-order valence-corrected chi connectivity index (χ0v) is 25.0. The summed E-state index contributed by atoms with van der Waals surface area (Å²) in [4.78, 5) is 17.2. The SMILES string of the molecule is [B]C([B])([B])N(C(=O)/C=C/CNCCOc1ccc(/C(=C(/CC(F)(F)F)c2ccccc2)c2ccc3n[nH]c(F)c3c2)cn1)C([B])([B])[B]. The molecule has 0 aliphatic rings. The van der Waals surface area contributed by atoms with Crippen LogP contribution in [-0.2, 0) is 4.79 Å². The standard InChI is InChI=1S/C30H23B6F4N5O2/c31-29(32,33)45(30(34,35)36)25(46)7-4-12-41-13-14-47-24-11-9-20(17-42-24)26(19-8-10-23-21(15-19)27(37)44-43-23)22(16-28(38,39)40)18-5-2-1-3-6-18/h1-11,15,17,41H,12-14,16H2,(H,43,44)/b7-4+,26-22-. The van der Waals surface area contributed by atoms with Gasteiger partial charge in [0.25, 0.3) is 0 Å². The number of pyridine rings is 1. The second kappa shape index (κ2) is 14.8. The largest absolute Gasteiger partial charge is 0.476 e. The van der Waals surface area contributed by atoms with Crippen LogP contribution in [0.15, 0.2) is 79.0 Å². The third-order valence-corrected chi connectivity index (χ3v) is 6.67. The minimum atomic E-state index is -4.54. The van der Waals surface area contributed by atoms with Gasteiger partial charge in [-0.15, -0.1) is 0 Å². The van der Waals surface area contributed by atoms with Gasteiger partial charge in [0.2, 0.25) is 17.7 Å². The fourth-order valence-corrected chi connectivity index (χ4v) is 4.80. The van der Waals surface area contributed by atoms with E-state index in [1.165, 1.54) is 30.5 Å². The molecule has 2 heterocycles. The molecule has 2 aromatic carbocycles. The Morgan fingerprint density at radius 1 is 0.936 bits per heavy atom. The van der Waals surface area contributed by atoms with Crippen molar-refractivity contribution in [3.63, 3.8) is 0 Å². The predicted octanol–water partition coefficient (Wildman–Crippen LogP) is 2.60. The molecule has 17 heteroatoms. The summed E-state index contributed by atoms with van der Waals surface area (Å²) in [6.45, 7) is 0.684. The number of carbonyl (C=O) groups is 1. The number of alkyl halides is 3. The average Bonchev–Trinajstić information content (AvgIpc) is 3.35. The Hall–Kier alpha value is -4.12. The monoisotopic (exact) mass is 627 g/mol. The highest BCUT2D eigenvalue weighted by molar-refractivity contribution is 6.64. The minimum absolute atomic E-state index is 0.0131. The Balaban J connectivity index is 1.50. The number of hydrogen-bond acceptors (Lipinski definition) is 5. The van der Waals surface area contributed by atoms with Gasteiger partial charge in [0.05, 0.1) is 64.4 Å². The maximum atomic E-state index is 14.4. The van der Waals surface area contributed by atoms with Crippen molar-refractivity contribution in [2.75, 3.05) is 19.7 Å². The quantitative estimate of drug-likeness (QED) is 0.0785. The molecule has 0 saturated carbocycles. The van der Waals surface area contributed by atoms with Crippen LogP contribution in [0, 0.1) is 5.95 Å². The Kier molecular flexibility index (Phi) is 11.2.